The van der Waals surface area contributed by atoms with Crippen LogP contribution < -0.4 is 4.90 Å². The van der Waals surface area contributed by atoms with Crippen LogP contribution in [0, 0.1) is 13.7 Å². The van der Waals surface area contributed by atoms with Crippen LogP contribution in [0.5, 0.6) is 0 Å². The van der Waals surface area contributed by atoms with Crippen LogP contribution in [0.4, 0.5) is 11.4 Å². The number of nitro groups is 1. The molecular weight excluding hydrogens is 351 g/mol. The molecule has 18 heavy (non-hydrogen) atoms. The molecule has 6 nitrogen and oxygen atoms in total. The second-order valence-corrected chi connectivity index (χ2v) is 5.04. The van der Waals surface area contributed by atoms with Crippen molar-refractivity contribution in [2.24, 2.45) is 0 Å². The topological polar surface area (TPSA) is 75.8 Å². The van der Waals surface area contributed by atoms with Crippen molar-refractivity contribution >= 4 is 34.0 Å². The molecule has 1 aromatic carbocycles. The minimum Gasteiger partial charge on any atom is -0.389 e. The highest BCUT2D eigenvalue weighted by atomic mass is 127. The summed E-state index contributed by atoms with van der Waals surface area (Å²) in [5.41, 5.74) is 0.908. The summed E-state index contributed by atoms with van der Waals surface area (Å²) in [6.07, 6.45) is -0.590. The van der Waals surface area contributed by atoms with Crippen LogP contribution in [0.1, 0.15) is 0 Å². The number of hydrogen-bond donors (Lipinski definition) is 1. The molecule has 100 valence electrons. The Morgan fingerprint density at radius 3 is 2.78 bits per heavy atom. The lowest BCUT2D eigenvalue weighted by Crippen LogP contribution is -2.31. The van der Waals surface area contributed by atoms with E-state index in [-0.39, 0.29) is 12.3 Å². The molecule has 1 rings (SSSR count). The molecule has 0 saturated heterocycles. The van der Waals surface area contributed by atoms with Crippen molar-refractivity contribution in [2.45, 2.75) is 6.10 Å². The highest BCUT2D eigenvalue weighted by Crippen LogP contribution is 2.25. The molecule has 0 bridgehead atoms. The van der Waals surface area contributed by atoms with Crippen molar-refractivity contribution in [3.63, 3.8) is 0 Å². The Morgan fingerprint density at radius 2 is 2.28 bits per heavy atom. The van der Waals surface area contributed by atoms with Crippen LogP contribution in [0.3, 0.4) is 0 Å². The number of halogens is 1. The third-order valence-electron chi connectivity index (χ3n) is 2.41. The number of methoxy groups -OCH3 is 1. The SMILES string of the molecule is COCC(O)CN(C)c1ccc([N+](=O)[O-])c(I)c1. The Labute approximate surface area is 119 Å². The fourth-order valence-corrected chi connectivity index (χ4v) is 2.24. The average Bonchev–Trinajstić information content (AvgIpc) is 2.28. The average molecular weight is 366 g/mol. The molecule has 0 fully saturated rings. The van der Waals surface area contributed by atoms with Gasteiger partial charge in [0.1, 0.15) is 0 Å². The number of rotatable bonds is 6. The van der Waals surface area contributed by atoms with E-state index in [0.717, 1.165) is 5.69 Å². The van der Waals surface area contributed by atoms with E-state index in [0.29, 0.717) is 10.1 Å². The van der Waals surface area contributed by atoms with Gasteiger partial charge in [-0.25, -0.2) is 0 Å². The summed E-state index contributed by atoms with van der Waals surface area (Å²) >= 11 is 1.93. The van der Waals surface area contributed by atoms with Crippen LogP contribution in [0.2, 0.25) is 0 Å². The maximum Gasteiger partial charge on any atom is 0.282 e. The maximum absolute atomic E-state index is 10.7. The molecule has 0 aliphatic heterocycles. The number of nitro benzene ring substituents is 1. The van der Waals surface area contributed by atoms with E-state index in [1.807, 2.05) is 34.5 Å². The molecule has 0 saturated carbocycles. The zero-order chi connectivity index (χ0) is 13.7. The molecule has 0 radical (unpaired) electrons. The van der Waals surface area contributed by atoms with Gasteiger partial charge in [-0.15, -0.1) is 0 Å². The first-order valence-electron chi connectivity index (χ1n) is 5.27. The number of likely N-dealkylation sites (N-methyl/N-ethyl adjacent to an activating group) is 1. The van der Waals surface area contributed by atoms with Crippen molar-refractivity contribution in [3.05, 3.63) is 31.9 Å². The Balaban J connectivity index is 2.78. The van der Waals surface area contributed by atoms with Crippen LogP contribution in [-0.4, -0.2) is 43.4 Å². The summed E-state index contributed by atoms with van der Waals surface area (Å²) in [6.45, 7) is 0.663. The lowest BCUT2D eigenvalue weighted by atomic mass is 10.2. The predicted octanol–water partition coefficient (Wildman–Crippen LogP) is 1.64. The largest absolute Gasteiger partial charge is 0.389 e. The van der Waals surface area contributed by atoms with Gasteiger partial charge < -0.3 is 14.7 Å². The molecule has 1 N–H and O–H groups in total. The van der Waals surface area contributed by atoms with Crippen molar-refractivity contribution in [1.82, 2.24) is 0 Å². The van der Waals surface area contributed by atoms with E-state index >= 15 is 0 Å². The Hall–Kier alpha value is -0.930. The van der Waals surface area contributed by atoms with Gasteiger partial charge in [0, 0.05) is 32.5 Å². The smallest absolute Gasteiger partial charge is 0.282 e. The maximum atomic E-state index is 10.7. The minimum absolute atomic E-state index is 0.0881. The fourth-order valence-electron chi connectivity index (χ4n) is 1.55. The number of anilines is 1. The number of aliphatic hydroxyl groups is 1. The van der Waals surface area contributed by atoms with Crippen LogP contribution in [0.25, 0.3) is 0 Å². The lowest BCUT2D eigenvalue weighted by Gasteiger charge is -2.22. The quantitative estimate of drug-likeness (QED) is 0.471. The van der Waals surface area contributed by atoms with Gasteiger partial charge in [-0.1, -0.05) is 0 Å². The predicted molar refractivity (Wildman–Crippen MR) is 77.0 cm³/mol. The Bertz CT molecular complexity index is 428. The van der Waals surface area contributed by atoms with E-state index in [2.05, 4.69) is 0 Å². The highest BCUT2D eigenvalue weighted by Gasteiger charge is 2.14. The van der Waals surface area contributed by atoms with Gasteiger partial charge >= 0.3 is 0 Å². The summed E-state index contributed by atoms with van der Waals surface area (Å²) in [7, 11) is 3.34. The molecule has 1 atom stereocenters. The van der Waals surface area contributed by atoms with Gasteiger partial charge in [0.2, 0.25) is 0 Å². The molecule has 0 aromatic heterocycles. The Morgan fingerprint density at radius 1 is 1.61 bits per heavy atom. The first kappa shape index (κ1) is 15.1. The van der Waals surface area contributed by atoms with Gasteiger partial charge in [-0.3, -0.25) is 10.1 Å². The molecule has 0 spiro atoms. The number of benzene rings is 1. The number of aliphatic hydroxyl groups excluding tert-OH is 1. The Kier molecular flexibility index (Phi) is 5.76. The van der Waals surface area contributed by atoms with Gasteiger partial charge in [-0.2, -0.15) is 0 Å². The standard InChI is InChI=1S/C11H15IN2O4/c1-13(6-9(15)7-18-2)8-3-4-11(14(16)17)10(12)5-8/h3-5,9,15H,6-7H2,1-2H3. The van der Waals surface area contributed by atoms with E-state index in [1.165, 1.54) is 13.2 Å². The highest BCUT2D eigenvalue weighted by molar-refractivity contribution is 14.1. The lowest BCUT2D eigenvalue weighted by molar-refractivity contribution is -0.385. The number of nitrogens with zero attached hydrogens (tertiary/aromatic N) is 2. The molecule has 0 aliphatic rings. The number of hydrogen-bond acceptors (Lipinski definition) is 5. The molecular formula is C11H15IN2O4. The van der Waals surface area contributed by atoms with Crippen LogP contribution in [0.15, 0.2) is 18.2 Å². The van der Waals surface area contributed by atoms with Crippen molar-refractivity contribution in [3.8, 4) is 0 Å². The first-order valence-corrected chi connectivity index (χ1v) is 6.35. The second kappa shape index (κ2) is 6.86. The van der Waals surface area contributed by atoms with Crippen molar-refractivity contribution < 1.29 is 14.8 Å². The van der Waals surface area contributed by atoms with Gasteiger partial charge in [0.25, 0.3) is 5.69 Å². The monoisotopic (exact) mass is 366 g/mol. The third-order valence-corrected chi connectivity index (χ3v) is 3.28. The van der Waals surface area contributed by atoms with Crippen molar-refractivity contribution in [2.75, 3.05) is 32.2 Å². The summed E-state index contributed by atoms with van der Waals surface area (Å²) < 4.78 is 5.42. The van der Waals surface area contributed by atoms with E-state index in [1.54, 1.807) is 12.1 Å². The van der Waals surface area contributed by atoms with E-state index in [4.69, 9.17) is 4.74 Å². The first-order chi connectivity index (χ1) is 8.45. The molecule has 0 heterocycles. The van der Waals surface area contributed by atoms with Crippen molar-refractivity contribution in [1.29, 1.82) is 0 Å². The minimum atomic E-state index is -0.590. The summed E-state index contributed by atoms with van der Waals surface area (Å²) in [5, 5.41) is 20.3. The molecule has 7 heteroatoms. The van der Waals surface area contributed by atoms with Crippen LogP contribution >= 0.6 is 22.6 Å². The van der Waals surface area contributed by atoms with Gasteiger partial charge in [-0.05, 0) is 34.7 Å². The summed E-state index contributed by atoms with van der Waals surface area (Å²) in [4.78, 5) is 12.1. The third kappa shape index (κ3) is 4.07. The number of ether oxygens (including phenoxy) is 1. The van der Waals surface area contributed by atoms with E-state index < -0.39 is 11.0 Å². The molecule has 0 amide bonds. The van der Waals surface area contributed by atoms with Crippen LogP contribution in [-0.2, 0) is 4.74 Å². The summed E-state index contributed by atoms with van der Waals surface area (Å²) in [5.74, 6) is 0. The van der Waals surface area contributed by atoms with E-state index in [9.17, 15) is 15.2 Å². The molecule has 1 unspecified atom stereocenters. The van der Waals surface area contributed by atoms with Gasteiger partial charge in [0.05, 0.1) is 21.2 Å². The van der Waals surface area contributed by atoms with Gasteiger partial charge in [0.15, 0.2) is 0 Å². The summed E-state index contributed by atoms with van der Waals surface area (Å²) in [6, 6.07) is 4.86. The zero-order valence-corrected chi connectivity index (χ0v) is 12.3. The normalized spacial score (nSPS) is 12.2. The molecule has 0 aliphatic carbocycles. The zero-order valence-electron chi connectivity index (χ0n) is 10.2. The second-order valence-electron chi connectivity index (χ2n) is 3.88. The molecule has 1 aromatic rings. The fraction of sp³-hybridized carbons (Fsp3) is 0.455.